The molecule has 0 radical (unpaired) electrons. The number of hydrogen-bond acceptors (Lipinski definition) is 4. The predicted molar refractivity (Wildman–Crippen MR) is 62.8 cm³/mol. The van der Waals surface area contributed by atoms with Gasteiger partial charge in [-0.25, -0.2) is 8.42 Å². The Morgan fingerprint density at radius 1 is 1.50 bits per heavy atom. The van der Waals surface area contributed by atoms with Gasteiger partial charge < -0.3 is 5.32 Å². The number of nitrogens with zero attached hydrogens (tertiary/aromatic N) is 1. The largest absolute Gasteiger partial charge is 0.315 e. The van der Waals surface area contributed by atoms with Crippen LogP contribution in [0.5, 0.6) is 0 Å². The van der Waals surface area contributed by atoms with Gasteiger partial charge in [0.15, 0.2) is 9.84 Å². The molecule has 16 heavy (non-hydrogen) atoms. The predicted octanol–water partition coefficient (Wildman–Crippen LogP) is 0.748. The summed E-state index contributed by atoms with van der Waals surface area (Å²) in [5.41, 5.74) is 0.771. The van der Waals surface area contributed by atoms with Crippen LogP contribution < -0.4 is 5.32 Å². The van der Waals surface area contributed by atoms with Crippen molar-refractivity contribution < 1.29 is 8.42 Å². The van der Waals surface area contributed by atoms with Gasteiger partial charge in [0.25, 0.3) is 0 Å². The molecule has 2 heterocycles. The molecule has 0 aromatic carbocycles. The van der Waals surface area contributed by atoms with Gasteiger partial charge in [0.2, 0.25) is 0 Å². The Kier molecular flexibility index (Phi) is 3.56. The minimum atomic E-state index is -3.04. The third kappa shape index (κ3) is 2.80. The molecule has 1 N–H and O–H groups in total. The summed E-state index contributed by atoms with van der Waals surface area (Å²) in [6.07, 6.45) is 4.98. The number of rotatable bonds is 3. The molecule has 1 atom stereocenters. The zero-order valence-electron chi connectivity index (χ0n) is 9.09. The van der Waals surface area contributed by atoms with E-state index in [4.69, 9.17) is 0 Å². The summed E-state index contributed by atoms with van der Waals surface area (Å²) in [5.74, 6) is 0.104. The molecule has 5 heteroatoms. The molecule has 0 saturated carbocycles. The van der Waals surface area contributed by atoms with Gasteiger partial charge in [-0.15, -0.1) is 0 Å². The quantitative estimate of drug-likeness (QED) is 0.847. The van der Waals surface area contributed by atoms with Crippen molar-refractivity contribution in [1.29, 1.82) is 0 Å². The van der Waals surface area contributed by atoms with Gasteiger partial charge in [-0.05, 0) is 31.0 Å². The van der Waals surface area contributed by atoms with Crippen LogP contribution in [0.3, 0.4) is 0 Å². The van der Waals surface area contributed by atoms with Gasteiger partial charge in [0, 0.05) is 18.9 Å². The van der Waals surface area contributed by atoms with Crippen LogP contribution in [0.15, 0.2) is 24.5 Å². The summed E-state index contributed by atoms with van der Waals surface area (Å²) in [5, 5.41) is 2.90. The van der Waals surface area contributed by atoms with Gasteiger partial charge in [0.05, 0.1) is 11.0 Å². The van der Waals surface area contributed by atoms with Crippen LogP contribution in [0.25, 0.3) is 0 Å². The van der Waals surface area contributed by atoms with Crippen LogP contribution in [0.2, 0.25) is 0 Å². The van der Waals surface area contributed by atoms with Gasteiger partial charge in [-0.2, -0.15) is 0 Å². The lowest BCUT2D eigenvalue weighted by Gasteiger charge is -2.22. The number of nitrogens with one attached hydrogen (secondary N) is 1. The molecule has 0 unspecified atom stereocenters. The van der Waals surface area contributed by atoms with Crippen molar-refractivity contribution in [2.24, 2.45) is 0 Å². The average Bonchev–Trinajstić information content (AvgIpc) is 2.31. The van der Waals surface area contributed by atoms with Crippen LogP contribution in [0.1, 0.15) is 18.4 Å². The third-order valence-electron chi connectivity index (χ3n) is 2.85. The van der Waals surface area contributed by atoms with Crippen molar-refractivity contribution in [3.05, 3.63) is 30.1 Å². The Morgan fingerprint density at radius 3 is 3.00 bits per heavy atom. The summed E-state index contributed by atoms with van der Waals surface area (Å²) in [6.45, 7) is 1.52. The summed E-state index contributed by atoms with van der Waals surface area (Å²) < 4.78 is 24.2. The Morgan fingerprint density at radius 2 is 2.38 bits per heavy atom. The minimum Gasteiger partial charge on any atom is -0.315 e. The molecule has 1 aromatic heterocycles. The Labute approximate surface area is 96.0 Å². The van der Waals surface area contributed by atoms with E-state index in [1.54, 1.807) is 24.5 Å². The van der Waals surface area contributed by atoms with Gasteiger partial charge in [-0.1, -0.05) is 6.07 Å². The van der Waals surface area contributed by atoms with E-state index in [1.165, 1.54) is 0 Å². The van der Waals surface area contributed by atoms with Crippen molar-refractivity contribution in [1.82, 2.24) is 10.3 Å². The fraction of sp³-hybridized carbons (Fsp3) is 0.545. The van der Waals surface area contributed by atoms with Crippen molar-refractivity contribution >= 4 is 9.84 Å². The fourth-order valence-corrected chi connectivity index (χ4v) is 3.73. The SMILES string of the molecule is O=S(=O)(Cc1cccnc1)[C@H]1CCCNC1. The molecule has 1 aliphatic heterocycles. The molecule has 1 aromatic rings. The highest BCUT2D eigenvalue weighted by atomic mass is 32.2. The van der Waals surface area contributed by atoms with Crippen LogP contribution in [-0.2, 0) is 15.6 Å². The molecule has 4 nitrogen and oxygen atoms in total. The van der Waals surface area contributed by atoms with E-state index in [0.717, 1.165) is 24.9 Å². The molecular weight excluding hydrogens is 224 g/mol. The number of piperidine rings is 1. The third-order valence-corrected chi connectivity index (χ3v) is 5.00. The lowest BCUT2D eigenvalue weighted by molar-refractivity contribution is 0.496. The van der Waals surface area contributed by atoms with E-state index in [-0.39, 0.29) is 11.0 Å². The van der Waals surface area contributed by atoms with E-state index in [9.17, 15) is 8.42 Å². The van der Waals surface area contributed by atoms with Gasteiger partial charge in [-0.3, -0.25) is 4.98 Å². The zero-order chi connectivity index (χ0) is 11.4. The van der Waals surface area contributed by atoms with E-state index < -0.39 is 9.84 Å². The average molecular weight is 240 g/mol. The number of aromatic nitrogens is 1. The first-order chi connectivity index (χ1) is 7.68. The standard InChI is InChI=1S/C11H16N2O2S/c14-16(15,11-4-2-6-13-8-11)9-10-3-1-5-12-7-10/h1,3,5,7,11,13H,2,4,6,8-9H2/t11-/m0/s1. The second kappa shape index (κ2) is 4.93. The second-order valence-electron chi connectivity index (χ2n) is 4.14. The molecule has 0 aliphatic carbocycles. The van der Waals surface area contributed by atoms with E-state index >= 15 is 0 Å². The molecule has 0 amide bonds. The zero-order valence-corrected chi connectivity index (χ0v) is 9.91. The van der Waals surface area contributed by atoms with Crippen LogP contribution in [0, 0.1) is 0 Å². The van der Waals surface area contributed by atoms with Gasteiger partial charge >= 0.3 is 0 Å². The summed E-state index contributed by atoms with van der Waals surface area (Å²) in [4.78, 5) is 3.93. The maximum absolute atomic E-state index is 12.1. The maximum Gasteiger partial charge on any atom is 0.158 e. The molecule has 88 valence electrons. The van der Waals surface area contributed by atoms with E-state index in [2.05, 4.69) is 10.3 Å². The smallest absolute Gasteiger partial charge is 0.158 e. The highest BCUT2D eigenvalue weighted by Crippen LogP contribution is 2.16. The first-order valence-electron chi connectivity index (χ1n) is 5.50. The Bertz CT molecular complexity index is 425. The molecule has 1 aliphatic rings. The first-order valence-corrected chi connectivity index (χ1v) is 7.21. The summed E-state index contributed by atoms with van der Waals surface area (Å²) in [6, 6.07) is 3.57. The molecule has 0 bridgehead atoms. The molecule has 1 saturated heterocycles. The van der Waals surface area contributed by atoms with Gasteiger partial charge in [0.1, 0.15) is 0 Å². The van der Waals surface area contributed by atoms with E-state index in [1.807, 2.05) is 0 Å². The highest BCUT2D eigenvalue weighted by molar-refractivity contribution is 7.91. The topological polar surface area (TPSA) is 59.1 Å². The summed E-state index contributed by atoms with van der Waals surface area (Å²) >= 11 is 0. The normalized spacial score (nSPS) is 21.9. The lowest BCUT2D eigenvalue weighted by atomic mass is 10.2. The first kappa shape index (κ1) is 11.5. The number of hydrogen-bond donors (Lipinski definition) is 1. The minimum absolute atomic E-state index is 0.104. The Hall–Kier alpha value is -0.940. The number of sulfone groups is 1. The molecular formula is C11H16N2O2S. The maximum atomic E-state index is 12.1. The number of pyridine rings is 1. The van der Waals surface area contributed by atoms with Crippen molar-refractivity contribution in [2.45, 2.75) is 23.8 Å². The van der Waals surface area contributed by atoms with Crippen LogP contribution in [0.4, 0.5) is 0 Å². The monoisotopic (exact) mass is 240 g/mol. The lowest BCUT2D eigenvalue weighted by Crippen LogP contribution is -2.39. The Balaban J connectivity index is 2.08. The highest BCUT2D eigenvalue weighted by Gasteiger charge is 2.27. The van der Waals surface area contributed by atoms with E-state index in [0.29, 0.717) is 6.54 Å². The van der Waals surface area contributed by atoms with Crippen LogP contribution >= 0.6 is 0 Å². The second-order valence-corrected chi connectivity index (χ2v) is 6.42. The molecule has 2 rings (SSSR count). The molecule has 0 spiro atoms. The van der Waals surface area contributed by atoms with Crippen LogP contribution in [-0.4, -0.2) is 31.7 Å². The summed E-state index contributed by atoms with van der Waals surface area (Å²) in [7, 11) is -3.04. The van der Waals surface area contributed by atoms with Crippen molar-refractivity contribution in [3.63, 3.8) is 0 Å². The molecule has 1 fully saturated rings. The van der Waals surface area contributed by atoms with Crippen molar-refractivity contribution in [2.75, 3.05) is 13.1 Å². The fourth-order valence-electron chi connectivity index (χ4n) is 1.96. The van der Waals surface area contributed by atoms with Crippen molar-refractivity contribution in [3.8, 4) is 0 Å².